The molecule has 4 rings (SSSR count). The minimum Gasteiger partial charge on any atom is -0.332 e. The first-order chi connectivity index (χ1) is 14.3. The maximum Gasteiger partial charge on any atom is 0.351 e. The molecule has 0 unspecified atom stereocenters. The van der Waals surface area contributed by atoms with Crippen LogP contribution in [0.1, 0.15) is 16.2 Å². The highest BCUT2D eigenvalue weighted by molar-refractivity contribution is 5.90. The maximum atomic E-state index is 12.6. The third-order valence-electron chi connectivity index (χ3n) is 5.07. The van der Waals surface area contributed by atoms with Crippen molar-refractivity contribution in [2.75, 3.05) is 33.2 Å². The molecule has 1 aromatic carbocycles. The van der Waals surface area contributed by atoms with Gasteiger partial charge >= 0.3 is 17.5 Å². The number of carbonyl (C=O) groups is 1. The molecule has 1 amide bonds. The van der Waals surface area contributed by atoms with Crippen LogP contribution in [0.4, 0.5) is 0 Å². The van der Waals surface area contributed by atoms with Crippen LogP contribution in [0.3, 0.4) is 0 Å². The minimum absolute atomic E-state index is 0.145. The molecule has 11 nitrogen and oxygen atoms in total. The summed E-state index contributed by atoms with van der Waals surface area (Å²) >= 11 is 0. The predicted molar refractivity (Wildman–Crippen MR) is 107 cm³/mol. The standard InChI is InChI=1S/C19H21N7O4/c1-12-4-6-13(7-5-12)26-19(29)24(3)17(27)14(21-26)15-20-16(30-22-15)18(28)25-10-8-23(2)9-11-25/h4-7H,8-11H2,1-3H3. The number of amides is 1. The van der Waals surface area contributed by atoms with Gasteiger partial charge in [0.15, 0.2) is 5.69 Å². The fourth-order valence-electron chi connectivity index (χ4n) is 3.12. The van der Waals surface area contributed by atoms with Crippen molar-refractivity contribution in [3.05, 3.63) is 56.6 Å². The van der Waals surface area contributed by atoms with Crippen molar-refractivity contribution in [3.8, 4) is 17.2 Å². The SMILES string of the molecule is Cc1ccc(-n2nc(-c3noc(C(=O)N4CCN(C)CC4)n3)c(=O)n(C)c2=O)cc1. The van der Waals surface area contributed by atoms with Crippen LogP contribution in [0.2, 0.25) is 0 Å². The van der Waals surface area contributed by atoms with Gasteiger partial charge in [0, 0.05) is 33.2 Å². The molecular weight excluding hydrogens is 390 g/mol. The Labute approximate surface area is 171 Å². The van der Waals surface area contributed by atoms with Crippen LogP contribution in [0.15, 0.2) is 38.4 Å². The molecule has 1 saturated heterocycles. The van der Waals surface area contributed by atoms with Crippen molar-refractivity contribution in [3.63, 3.8) is 0 Å². The summed E-state index contributed by atoms with van der Waals surface area (Å²) in [5.74, 6) is -0.758. The summed E-state index contributed by atoms with van der Waals surface area (Å²) < 4.78 is 7.11. The number of piperazine rings is 1. The fraction of sp³-hybridized carbons (Fsp3) is 0.368. The molecule has 0 spiro atoms. The van der Waals surface area contributed by atoms with E-state index in [0.717, 1.165) is 27.9 Å². The Balaban J connectivity index is 1.71. The Morgan fingerprint density at radius 2 is 1.70 bits per heavy atom. The Kier molecular flexibility index (Phi) is 5.04. The van der Waals surface area contributed by atoms with E-state index in [-0.39, 0.29) is 17.4 Å². The monoisotopic (exact) mass is 411 g/mol. The minimum atomic E-state index is -0.678. The zero-order valence-corrected chi connectivity index (χ0v) is 16.9. The van der Waals surface area contributed by atoms with Crippen LogP contribution in [0, 0.1) is 6.92 Å². The number of aryl methyl sites for hydroxylation is 1. The van der Waals surface area contributed by atoms with Crippen molar-refractivity contribution in [1.82, 2.24) is 34.3 Å². The van der Waals surface area contributed by atoms with E-state index in [1.165, 1.54) is 7.05 Å². The second-order valence-corrected chi connectivity index (χ2v) is 7.26. The quantitative estimate of drug-likeness (QED) is 0.575. The lowest BCUT2D eigenvalue weighted by atomic mass is 10.2. The smallest absolute Gasteiger partial charge is 0.332 e. The summed E-state index contributed by atoms with van der Waals surface area (Å²) in [6.07, 6.45) is 0. The first-order valence-corrected chi connectivity index (χ1v) is 9.44. The Morgan fingerprint density at radius 1 is 1.03 bits per heavy atom. The van der Waals surface area contributed by atoms with E-state index >= 15 is 0 Å². The van der Waals surface area contributed by atoms with E-state index in [9.17, 15) is 14.4 Å². The number of carbonyl (C=O) groups excluding carboxylic acids is 1. The van der Waals surface area contributed by atoms with E-state index in [0.29, 0.717) is 18.8 Å². The molecule has 30 heavy (non-hydrogen) atoms. The molecular formula is C19H21N7O4. The summed E-state index contributed by atoms with van der Waals surface area (Å²) in [7, 11) is 3.33. The molecule has 0 bridgehead atoms. The highest BCUT2D eigenvalue weighted by Gasteiger charge is 2.27. The largest absolute Gasteiger partial charge is 0.351 e. The number of hydrogen-bond acceptors (Lipinski definition) is 8. The van der Waals surface area contributed by atoms with Gasteiger partial charge in [-0.05, 0) is 26.1 Å². The molecule has 0 N–H and O–H groups in total. The van der Waals surface area contributed by atoms with E-state index in [1.54, 1.807) is 17.0 Å². The average Bonchev–Trinajstić information content (AvgIpc) is 3.23. The lowest BCUT2D eigenvalue weighted by molar-refractivity contribution is 0.0615. The van der Waals surface area contributed by atoms with Crippen molar-refractivity contribution in [1.29, 1.82) is 0 Å². The van der Waals surface area contributed by atoms with Crippen molar-refractivity contribution >= 4 is 5.91 Å². The van der Waals surface area contributed by atoms with E-state index in [4.69, 9.17) is 4.52 Å². The first kappa shape index (κ1) is 19.7. The number of hydrogen-bond donors (Lipinski definition) is 0. The molecule has 1 aliphatic heterocycles. The molecule has 0 saturated carbocycles. The zero-order chi connectivity index (χ0) is 21.4. The number of nitrogens with zero attached hydrogens (tertiary/aromatic N) is 7. The van der Waals surface area contributed by atoms with Gasteiger partial charge in [0.2, 0.25) is 5.82 Å². The number of likely N-dealkylation sites (N-methyl/N-ethyl adjacent to an activating group) is 1. The van der Waals surface area contributed by atoms with Crippen molar-refractivity contribution in [2.45, 2.75) is 6.92 Å². The second kappa shape index (κ2) is 7.67. The summed E-state index contributed by atoms with van der Waals surface area (Å²) in [5, 5.41) is 7.91. The lowest BCUT2D eigenvalue weighted by Gasteiger charge is -2.31. The highest BCUT2D eigenvalue weighted by Crippen LogP contribution is 2.12. The molecule has 1 fully saturated rings. The topological polar surface area (TPSA) is 119 Å². The van der Waals surface area contributed by atoms with Gasteiger partial charge in [0.25, 0.3) is 5.56 Å². The zero-order valence-electron chi connectivity index (χ0n) is 16.9. The molecule has 3 heterocycles. The van der Waals surface area contributed by atoms with Gasteiger partial charge in [0.1, 0.15) is 0 Å². The van der Waals surface area contributed by atoms with Gasteiger partial charge in [-0.15, -0.1) is 0 Å². The third-order valence-corrected chi connectivity index (χ3v) is 5.07. The van der Waals surface area contributed by atoms with E-state index < -0.39 is 17.2 Å². The highest BCUT2D eigenvalue weighted by atomic mass is 16.5. The van der Waals surface area contributed by atoms with Crippen LogP contribution >= 0.6 is 0 Å². The normalized spacial score (nSPS) is 14.8. The fourth-order valence-corrected chi connectivity index (χ4v) is 3.12. The van der Waals surface area contributed by atoms with Crippen LogP contribution in [0.25, 0.3) is 17.2 Å². The predicted octanol–water partition coefficient (Wildman–Crippen LogP) is -0.323. The lowest BCUT2D eigenvalue weighted by Crippen LogP contribution is -2.47. The third kappa shape index (κ3) is 3.54. The molecule has 3 aromatic rings. The Bertz CT molecular complexity index is 1200. The number of benzene rings is 1. The average molecular weight is 411 g/mol. The van der Waals surface area contributed by atoms with Crippen LogP contribution in [-0.4, -0.2) is 73.4 Å². The molecule has 0 aliphatic carbocycles. The van der Waals surface area contributed by atoms with Crippen LogP contribution in [-0.2, 0) is 7.05 Å². The molecule has 156 valence electrons. The van der Waals surface area contributed by atoms with Crippen LogP contribution < -0.4 is 11.2 Å². The molecule has 0 atom stereocenters. The number of aromatic nitrogens is 5. The number of rotatable bonds is 3. The Hall–Kier alpha value is -3.60. The van der Waals surface area contributed by atoms with Gasteiger partial charge < -0.3 is 14.3 Å². The van der Waals surface area contributed by atoms with Gasteiger partial charge in [0.05, 0.1) is 5.69 Å². The van der Waals surface area contributed by atoms with E-state index in [1.807, 2.05) is 26.1 Å². The second-order valence-electron chi connectivity index (χ2n) is 7.26. The first-order valence-electron chi connectivity index (χ1n) is 9.44. The van der Waals surface area contributed by atoms with Crippen molar-refractivity contribution < 1.29 is 9.32 Å². The molecule has 11 heteroatoms. The van der Waals surface area contributed by atoms with Crippen molar-refractivity contribution in [2.24, 2.45) is 7.05 Å². The van der Waals surface area contributed by atoms with Gasteiger partial charge in [-0.1, -0.05) is 22.9 Å². The summed E-state index contributed by atoms with van der Waals surface area (Å²) in [4.78, 5) is 45.6. The molecule has 2 aromatic heterocycles. The van der Waals surface area contributed by atoms with Gasteiger partial charge in [-0.2, -0.15) is 14.8 Å². The molecule has 1 aliphatic rings. The van der Waals surface area contributed by atoms with Crippen LogP contribution in [0.5, 0.6) is 0 Å². The summed E-state index contributed by atoms with van der Waals surface area (Å²) in [5.41, 5.74) is 0.0354. The van der Waals surface area contributed by atoms with E-state index in [2.05, 4.69) is 20.1 Å². The Morgan fingerprint density at radius 3 is 2.37 bits per heavy atom. The summed E-state index contributed by atoms with van der Waals surface area (Å²) in [6.45, 7) is 4.51. The maximum absolute atomic E-state index is 12.6. The molecule has 0 radical (unpaired) electrons. The summed E-state index contributed by atoms with van der Waals surface area (Å²) in [6, 6.07) is 7.10. The van der Waals surface area contributed by atoms with Gasteiger partial charge in [-0.25, -0.2) is 4.79 Å². The van der Waals surface area contributed by atoms with Gasteiger partial charge in [-0.3, -0.25) is 14.2 Å².